The Bertz CT molecular complexity index is 1000. The summed E-state index contributed by atoms with van der Waals surface area (Å²) in [6.07, 6.45) is 0.786. The van der Waals surface area contributed by atoms with Crippen molar-refractivity contribution in [2.75, 3.05) is 12.4 Å². The molecule has 1 aromatic carbocycles. The first-order chi connectivity index (χ1) is 11.2. The number of rotatable bonds is 3. The molecule has 2 N–H and O–H groups in total. The minimum atomic E-state index is -2.56. The van der Waals surface area contributed by atoms with Crippen LogP contribution in [0.5, 0.6) is 0 Å². The van der Waals surface area contributed by atoms with Gasteiger partial charge in [0, 0.05) is 35.8 Å². The number of benzene rings is 1. The molecule has 0 aliphatic heterocycles. The summed E-state index contributed by atoms with van der Waals surface area (Å²) in [6, 6.07) is 8.57. The molecule has 0 spiro atoms. The van der Waals surface area contributed by atoms with E-state index in [9.17, 15) is 8.78 Å². The predicted octanol–water partition coefficient (Wildman–Crippen LogP) is 3.86. The van der Waals surface area contributed by atoms with E-state index in [1.54, 1.807) is 36.1 Å². The largest absolute Gasteiger partial charge is 0.372 e. The Balaban J connectivity index is 2.00. The van der Waals surface area contributed by atoms with Gasteiger partial charge < -0.3 is 5.32 Å². The fraction of sp³-hybridized carbons (Fsp3) is 0.125. The Kier molecular flexibility index (Phi) is 3.00. The topological polar surface area (TPSA) is 58.0 Å². The van der Waals surface area contributed by atoms with Crippen LogP contribution >= 0.6 is 0 Å². The highest BCUT2D eigenvalue weighted by molar-refractivity contribution is 5.96. The van der Waals surface area contributed by atoms with E-state index in [0.717, 1.165) is 16.9 Å². The lowest BCUT2D eigenvalue weighted by molar-refractivity contribution is 0.152. The molecule has 0 aliphatic carbocycles. The van der Waals surface area contributed by atoms with Crippen LogP contribution in [0.3, 0.4) is 0 Å². The van der Waals surface area contributed by atoms with Crippen molar-refractivity contribution in [1.29, 1.82) is 0 Å². The molecule has 0 fully saturated rings. The van der Waals surface area contributed by atoms with Gasteiger partial charge in [0.25, 0.3) is 6.43 Å². The monoisotopic (exact) mass is 313 g/mol. The maximum atomic E-state index is 13.5. The summed E-state index contributed by atoms with van der Waals surface area (Å²) in [5.74, 6) is 0.720. The van der Waals surface area contributed by atoms with Crippen LogP contribution in [0.2, 0.25) is 0 Å². The van der Waals surface area contributed by atoms with E-state index in [1.807, 2.05) is 12.1 Å². The molecule has 0 bridgehead atoms. The van der Waals surface area contributed by atoms with E-state index in [1.165, 1.54) is 6.07 Å². The van der Waals surface area contributed by atoms with Gasteiger partial charge in [0.15, 0.2) is 0 Å². The van der Waals surface area contributed by atoms with Gasteiger partial charge in [-0.2, -0.15) is 10.2 Å². The van der Waals surface area contributed by atoms with Crippen molar-refractivity contribution in [2.45, 2.75) is 6.43 Å². The maximum Gasteiger partial charge on any atom is 0.264 e. The maximum absolute atomic E-state index is 13.5. The van der Waals surface area contributed by atoms with Crippen LogP contribution in [0.1, 0.15) is 12.0 Å². The van der Waals surface area contributed by atoms with Crippen LogP contribution in [0.15, 0.2) is 42.7 Å². The smallest absolute Gasteiger partial charge is 0.264 e. The zero-order valence-electron chi connectivity index (χ0n) is 12.2. The van der Waals surface area contributed by atoms with E-state index < -0.39 is 6.43 Å². The van der Waals surface area contributed by atoms with Crippen molar-refractivity contribution in [3.05, 3.63) is 48.3 Å². The first-order valence-electron chi connectivity index (χ1n) is 7.09. The van der Waals surface area contributed by atoms with E-state index in [0.29, 0.717) is 16.5 Å². The van der Waals surface area contributed by atoms with E-state index in [2.05, 4.69) is 20.6 Å². The minimum Gasteiger partial charge on any atom is -0.372 e. The number of H-pyrrole nitrogens is 1. The summed E-state index contributed by atoms with van der Waals surface area (Å²) in [7, 11) is 1.78. The van der Waals surface area contributed by atoms with Crippen LogP contribution in [0.25, 0.3) is 27.5 Å². The number of hydrogen-bond acceptors (Lipinski definition) is 3. The van der Waals surface area contributed by atoms with Gasteiger partial charge in [0.2, 0.25) is 0 Å². The average Bonchev–Trinajstić information content (AvgIpc) is 3.18. The molecular weight excluding hydrogens is 300 g/mol. The van der Waals surface area contributed by atoms with Crippen LogP contribution < -0.4 is 5.32 Å². The number of aromatic amines is 1. The van der Waals surface area contributed by atoms with Crippen LogP contribution in [-0.4, -0.2) is 26.9 Å². The summed E-state index contributed by atoms with van der Waals surface area (Å²) < 4.78 is 28.6. The van der Waals surface area contributed by atoms with Gasteiger partial charge in [-0.05, 0) is 23.8 Å². The Morgan fingerprint density at radius 1 is 1.22 bits per heavy atom. The number of pyridine rings is 1. The summed E-state index contributed by atoms with van der Waals surface area (Å²) in [5, 5.41) is 14.8. The SMILES string of the molecule is CNc1cc2cc(-c3c(C(F)F)ccc4[nH]ncc34)ccn2n1. The highest BCUT2D eigenvalue weighted by Gasteiger charge is 2.18. The second-order valence-corrected chi connectivity index (χ2v) is 5.23. The molecule has 0 aliphatic rings. The first kappa shape index (κ1) is 13.7. The lowest BCUT2D eigenvalue weighted by atomic mass is 9.97. The number of hydrogen-bond donors (Lipinski definition) is 2. The van der Waals surface area contributed by atoms with Crippen molar-refractivity contribution < 1.29 is 8.78 Å². The number of nitrogens with one attached hydrogen (secondary N) is 2. The molecule has 7 heteroatoms. The first-order valence-corrected chi connectivity index (χ1v) is 7.09. The lowest BCUT2D eigenvalue weighted by Crippen LogP contribution is -1.93. The Labute approximate surface area is 129 Å². The summed E-state index contributed by atoms with van der Waals surface area (Å²) >= 11 is 0. The zero-order chi connectivity index (χ0) is 16.0. The molecular formula is C16H13F2N5. The van der Waals surface area contributed by atoms with Crippen molar-refractivity contribution in [2.24, 2.45) is 0 Å². The van der Waals surface area contributed by atoms with Crippen LogP contribution in [0.4, 0.5) is 14.6 Å². The third kappa shape index (κ3) is 2.12. The Morgan fingerprint density at radius 3 is 2.87 bits per heavy atom. The molecule has 0 saturated carbocycles. The summed E-state index contributed by atoms with van der Waals surface area (Å²) in [5.41, 5.74) is 2.76. The molecule has 23 heavy (non-hydrogen) atoms. The standard InChI is InChI=1S/C16H13F2N5/c1-19-14-7-10-6-9(4-5-23(10)22-14)15-11(16(17)18)2-3-13-12(15)8-20-21-13/h2-8,16H,1H3,(H,19,22)(H,20,21). The molecule has 3 aromatic heterocycles. The van der Waals surface area contributed by atoms with Crippen LogP contribution in [-0.2, 0) is 0 Å². The van der Waals surface area contributed by atoms with Gasteiger partial charge in [-0.15, -0.1) is 0 Å². The number of nitrogens with zero attached hydrogens (tertiary/aromatic N) is 3. The average molecular weight is 313 g/mol. The van der Waals surface area contributed by atoms with Crippen molar-refractivity contribution >= 4 is 22.2 Å². The third-order valence-corrected chi connectivity index (χ3v) is 3.90. The second kappa shape index (κ2) is 5.05. The highest BCUT2D eigenvalue weighted by atomic mass is 19.3. The fourth-order valence-electron chi connectivity index (χ4n) is 2.81. The molecule has 0 saturated heterocycles. The number of alkyl halides is 2. The normalized spacial score (nSPS) is 11.7. The van der Waals surface area contributed by atoms with E-state index >= 15 is 0 Å². The van der Waals surface area contributed by atoms with Gasteiger partial charge in [0.05, 0.1) is 17.2 Å². The van der Waals surface area contributed by atoms with Gasteiger partial charge in [-0.3, -0.25) is 5.10 Å². The molecule has 0 atom stereocenters. The molecule has 0 amide bonds. The summed E-state index contributed by atoms with van der Waals surface area (Å²) in [4.78, 5) is 0. The minimum absolute atomic E-state index is 0.00314. The highest BCUT2D eigenvalue weighted by Crippen LogP contribution is 2.37. The van der Waals surface area contributed by atoms with Crippen molar-refractivity contribution in [3.63, 3.8) is 0 Å². The van der Waals surface area contributed by atoms with Crippen LogP contribution in [0, 0.1) is 0 Å². The number of anilines is 1. The summed E-state index contributed by atoms with van der Waals surface area (Å²) in [6.45, 7) is 0. The van der Waals surface area contributed by atoms with E-state index in [4.69, 9.17) is 0 Å². The third-order valence-electron chi connectivity index (χ3n) is 3.90. The molecule has 116 valence electrons. The molecule has 0 unspecified atom stereocenters. The van der Waals surface area contributed by atoms with Gasteiger partial charge in [-0.1, -0.05) is 6.07 Å². The van der Waals surface area contributed by atoms with Gasteiger partial charge in [0.1, 0.15) is 5.82 Å². The predicted molar refractivity (Wildman–Crippen MR) is 84.8 cm³/mol. The van der Waals surface area contributed by atoms with Gasteiger partial charge in [-0.25, -0.2) is 13.3 Å². The Morgan fingerprint density at radius 2 is 2.09 bits per heavy atom. The van der Waals surface area contributed by atoms with E-state index in [-0.39, 0.29) is 5.56 Å². The number of halogens is 2. The molecule has 0 radical (unpaired) electrons. The Hall–Kier alpha value is -2.96. The van der Waals surface area contributed by atoms with Crippen molar-refractivity contribution in [3.8, 4) is 11.1 Å². The lowest BCUT2D eigenvalue weighted by Gasteiger charge is -2.11. The zero-order valence-corrected chi connectivity index (χ0v) is 12.2. The fourth-order valence-corrected chi connectivity index (χ4v) is 2.81. The molecule has 3 heterocycles. The van der Waals surface area contributed by atoms with Crippen molar-refractivity contribution in [1.82, 2.24) is 19.8 Å². The number of fused-ring (bicyclic) bond motifs is 2. The number of aromatic nitrogens is 4. The van der Waals surface area contributed by atoms with Gasteiger partial charge >= 0.3 is 0 Å². The molecule has 5 nitrogen and oxygen atoms in total. The molecule has 4 aromatic rings. The molecule has 4 rings (SSSR count). The quantitative estimate of drug-likeness (QED) is 0.604. The second-order valence-electron chi connectivity index (χ2n) is 5.23.